The maximum atomic E-state index is 11.6. The van der Waals surface area contributed by atoms with Crippen molar-refractivity contribution in [2.45, 2.75) is 19.4 Å². The number of halogens is 2. The van der Waals surface area contributed by atoms with Crippen molar-refractivity contribution in [3.63, 3.8) is 0 Å². The van der Waals surface area contributed by atoms with Gasteiger partial charge in [-0.2, -0.15) is 0 Å². The van der Waals surface area contributed by atoms with Gasteiger partial charge in [-0.1, -0.05) is 23.2 Å². The minimum atomic E-state index is -0.265. The molecular weight excluding hydrogens is 261 g/mol. The van der Waals surface area contributed by atoms with Gasteiger partial charge in [-0.05, 0) is 36.6 Å². The molecule has 1 saturated heterocycles. The number of hydrogen-bond donors (Lipinski definition) is 0. The molecule has 0 aromatic heterocycles. The van der Waals surface area contributed by atoms with Crippen molar-refractivity contribution < 1.29 is 9.53 Å². The van der Waals surface area contributed by atoms with Crippen LogP contribution in [0.5, 0.6) is 0 Å². The standard InChI is InChI=1S/C12H13Cl2NO2/c13-10-5-9(6-11(14)7-10)8-17-12(16)15-3-1-2-4-15/h5-7H,1-4,8H2. The average molecular weight is 274 g/mol. The first-order valence-corrected chi connectivity index (χ1v) is 6.27. The summed E-state index contributed by atoms with van der Waals surface area (Å²) in [6.07, 6.45) is 1.84. The quantitative estimate of drug-likeness (QED) is 0.822. The predicted molar refractivity (Wildman–Crippen MR) is 67.5 cm³/mol. The van der Waals surface area contributed by atoms with Crippen LogP contribution >= 0.6 is 23.2 Å². The average Bonchev–Trinajstić information content (AvgIpc) is 2.78. The summed E-state index contributed by atoms with van der Waals surface area (Å²) >= 11 is 11.7. The Kier molecular flexibility index (Phi) is 4.13. The predicted octanol–water partition coefficient (Wildman–Crippen LogP) is 3.73. The number of carbonyl (C=O) groups excluding carboxylic acids is 1. The van der Waals surface area contributed by atoms with Gasteiger partial charge in [-0.25, -0.2) is 4.79 Å². The van der Waals surface area contributed by atoms with Crippen LogP contribution in [0.3, 0.4) is 0 Å². The highest BCUT2D eigenvalue weighted by Gasteiger charge is 2.18. The molecule has 1 aliphatic rings. The van der Waals surface area contributed by atoms with E-state index < -0.39 is 0 Å². The maximum absolute atomic E-state index is 11.6. The number of hydrogen-bond acceptors (Lipinski definition) is 2. The van der Waals surface area contributed by atoms with Crippen molar-refractivity contribution in [2.75, 3.05) is 13.1 Å². The van der Waals surface area contributed by atoms with Gasteiger partial charge in [-0.15, -0.1) is 0 Å². The molecule has 2 rings (SSSR count). The number of nitrogens with zero attached hydrogens (tertiary/aromatic N) is 1. The number of rotatable bonds is 2. The molecule has 17 heavy (non-hydrogen) atoms. The molecule has 1 aliphatic heterocycles. The third kappa shape index (κ3) is 3.51. The van der Waals surface area contributed by atoms with Crippen LogP contribution < -0.4 is 0 Å². The van der Waals surface area contributed by atoms with Gasteiger partial charge in [0.25, 0.3) is 0 Å². The van der Waals surface area contributed by atoms with Gasteiger partial charge >= 0.3 is 6.09 Å². The summed E-state index contributed by atoms with van der Waals surface area (Å²) in [5, 5.41) is 1.09. The molecule has 1 heterocycles. The molecule has 1 amide bonds. The largest absolute Gasteiger partial charge is 0.445 e. The molecule has 0 saturated carbocycles. The third-order valence-electron chi connectivity index (χ3n) is 2.65. The Morgan fingerprint density at radius 3 is 2.35 bits per heavy atom. The molecule has 0 N–H and O–H groups in total. The van der Waals surface area contributed by atoms with Crippen LogP contribution in [-0.4, -0.2) is 24.1 Å². The lowest BCUT2D eigenvalue weighted by molar-refractivity contribution is 0.104. The van der Waals surface area contributed by atoms with Gasteiger partial charge < -0.3 is 9.64 Å². The first kappa shape index (κ1) is 12.5. The van der Waals surface area contributed by atoms with Crippen LogP contribution in [0.4, 0.5) is 4.79 Å². The van der Waals surface area contributed by atoms with E-state index in [1.54, 1.807) is 23.1 Å². The Morgan fingerprint density at radius 1 is 1.18 bits per heavy atom. The summed E-state index contributed by atoms with van der Waals surface area (Å²) in [5.74, 6) is 0. The summed E-state index contributed by atoms with van der Waals surface area (Å²) in [7, 11) is 0. The number of ether oxygens (including phenoxy) is 1. The van der Waals surface area contributed by atoms with E-state index in [1.165, 1.54) is 0 Å². The normalized spacial score (nSPS) is 15.1. The van der Waals surface area contributed by atoms with E-state index in [4.69, 9.17) is 27.9 Å². The summed E-state index contributed by atoms with van der Waals surface area (Å²) in [5.41, 5.74) is 0.801. The first-order valence-electron chi connectivity index (χ1n) is 5.52. The van der Waals surface area contributed by atoms with Gasteiger partial charge in [0.1, 0.15) is 6.61 Å². The number of likely N-dealkylation sites (tertiary alicyclic amines) is 1. The molecule has 0 atom stereocenters. The van der Waals surface area contributed by atoms with E-state index in [2.05, 4.69) is 0 Å². The number of carbonyl (C=O) groups is 1. The second kappa shape index (κ2) is 5.61. The van der Waals surface area contributed by atoms with Gasteiger partial charge in [-0.3, -0.25) is 0 Å². The van der Waals surface area contributed by atoms with Gasteiger partial charge in [0, 0.05) is 23.1 Å². The topological polar surface area (TPSA) is 29.5 Å². The lowest BCUT2D eigenvalue weighted by Gasteiger charge is -2.15. The van der Waals surface area contributed by atoms with Gasteiger partial charge in [0.15, 0.2) is 0 Å². The second-order valence-electron chi connectivity index (χ2n) is 4.03. The summed E-state index contributed by atoms with van der Waals surface area (Å²) in [6, 6.07) is 5.13. The molecule has 0 unspecified atom stereocenters. The van der Waals surface area contributed by atoms with Crippen molar-refractivity contribution in [1.82, 2.24) is 4.90 Å². The summed E-state index contributed by atoms with van der Waals surface area (Å²) in [6.45, 7) is 1.78. The zero-order valence-corrected chi connectivity index (χ0v) is 10.8. The highest BCUT2D eigenvalue weighted by Crippen LogP contribution is 2.20. The Bertz CT molecular complexity index is 397. The van der Waals surface area contributed by atoms with Crippen LogP contribution in [0.25, 0.3) is 0 Å². The van der Waals surface area contributed by atoms with Crippen molar-refractivity contribution >= 4 is 29.3 Å². The highest BCUT2D eigenvalue weighted by atomic mass is 35.5. The van der Waals surface area contributed by atoms with Crippen molar-refractivity contribution in [2.24, 2.45) is 0 Å². The lowest BCUT2D eigenvalue weighted by Crippen LogP contribution is -2.28. The molecule has 5 heteroatoms. The van der Waals surface area contributed by atoms with E-state index in [1.807, 2.05) is 0 Å². The van der Waals surface area contributed by atoms with Gasteiger partial charge in [0.05, 0.1) is 0 Å². The fraction of sp³-hybridized carbons (Fsp3) is 0.417. The molecule has 1 fully saturated rings. The third-order valence-corrected chi connectivity index (χ3v) is 3.09. The Labute approximate surface area is 110 Å². The Hall–Kier alpha value is -0.930. The van der Waals surface area contributed by atoms with Crippen LogP contribution in [-0.2, 0) is 11.3 Å². The monoisotopic (exact) mass is 273 g/mol. The molecule has 3 nitrogen and oxygen atoms in total. The van der Waals surface area contributed by atoms with Crippen molar-refractivity contribution in [3.05, 3.63) is 33.8 Å². The molecule has 0 aliphatic carbocycles. The van der Waals surface area contributed by atoms with E-state index in [0.29, 0.717) is 10.0 Å². The molecule has 92 valence electrons. The smallest absolute Gasteiger partial charge is 0.410 e. The fourth-order valence-electron chi connectivity index (χ4n) is 1.83. The fourth-order valence-corrected chi connectivity index (χ4v) is 2.40. The Balaban J connectivity index is 1.90. The molecular formula is C12H13Cl2NO2. The summed E-state index contributed by atoms with van der Waals surface area (Å²) < 4.78 is 5.19. The molecule has 0 radical (unpaired) electrons. The van der Waals surface area contributed by atoms with Crippen LogP contribution in [0.15, 0.2) is 18.2 Å². The maximum Gasteiger partial charge on any atom is 0.410 e. The minimum Gasteiger partial charge on any atom is -0.445 e. The number of benzene rings is 1. The zero-order valence-electron chi connectivity index (χ0n) is 9.29. The molecule has 0 bridgehead atoms. The van der Waals surface area contributed by atoms with E-state index >= 15 is 0 Å². The first-order chi connectivity index (χ1) is 8.15. The Morgan fingerprint density at radius 2 is 1.76 bits per heavy atom. The van der Waals surface area contributed by atoms with E-state index in [9.17, 15) is 4.79 Å². The second-order valence-corrected chi connectivity index (χ2v) is 4.90. The van der Waals surface area contributed by atoms with Crippen LogP contribution in [0, 0.1) is 0 Å². The van der Waals surface area contributed by atoms with E-state index in [0.717, 1.165) is 31.5 Å². The lowest BCUT2D eigenvalue weighted by atomic mass is 10.2. The zero-order chi connectivity index (χ0) is 12.3. The van der Waals surface area contributed by atoms with E-state index in [-0.39, 0.29) is 12.7 Å². The molecule has 0 spiro atoms. The molecule has 1 aromatic carbocycles. The van der Waals surface area contributed by atoms with Crippen molar-refractivity contribution in [1.29, 1.82) is 0 Å². The highest BCUT2D eigenvalue weighted by molar-refractivity contribution is 6.34. The van der Waals surface area contributed by atoms with Gasteiger partial charge in [0.2, 0.25) is 0 Å². The van der Waals surface area contributed by atoms with Crippen LogP contribution in [0.1, 0.15) is 18.4 Å². The van der Waals surface area contributed by atoms with Crippen molar-refractivity contribution in [3.8, 4) is 0 Å². The minimum absolute atomic E-state index is 0.204. The molecule has 1 aromatic rings. The summed E-state index contributed by atoms with van der Waals surface area (Å²) in [4.78, 5) is 13.3. The SMILES string of the molecule is O=C(OCc1cc(Cl)cc(Cl)c1)N1CCCC1. The number of amides is 1. The van der Waals surface area contributed by atoms with Crippen LogP contribution in [0.2, 0.25) is 10.0 Å².